The molecule has 0 atom stereocenters. The Balaban J connectivity index is 2.94. The van der Waals surface area contributed by atoms with Crippen LogP contribution in [0.5, 0.6) is 0 Å². The quantitative estimate of drug-likeness (QED) is 0.262. The fourth-order valence-electron chi connectivity index (χ4n) is 3.15. The van der Waals surface area contributed by atoms with Gasteiger partial charge in [-0.05, 0) is 0 Å². The van der Waals surface area contributed by atoms with Crippen molar-refractivity contribution in [2.45, 2.75) is 0 Å². The fourth-order valence-corrected chi connectivity index (χ4v) is 4.19. The molecule has 1 aliphatic rings. The minimum Gasteiger partial charge on any atom is -0.480 e. The molecular weight excluding hydrogens is 407 g/mol. The molecule has 0 amide bonds. The maximum Gasteiger partial charge on any atom is 0.317 e. The first kappa shape index (κ1) is 25.6. The van der Waals surface area contributed by atoms with Gasteiger partial charge in [-0.2, -0.15) is 0 Å². The fraction of sp³-hybridized carbons (Fsp3) is 0.812. The van der Waals surface area contributed by atoms with E-state index in [1.807, 2.05) is 0 Å². The Labute approximate surface area is 170 Å². The van der Waals surface area contributed by atoms with E-state index in [0.29, 0.717) is 52.4 Å². The maximum atomic E-state index is 11.2. The topological polar surface area (TPSA) is 165 Å². The number of carbonyl (C=O) groups is 3. The van der Waals surface area contributed by atoms with Crippen LogP contribution in [0.3, 0.4) is 0 Å². The first-order chi connectivity index (χ1) is 13.4. The van der Waals surface area contributed by atoms with Crippen LogP contribution in [0.25, 0.3) is 0 Å². The van der Waals surface area contributed by atoms with Crippen LogP contribution in [-0.2, 0) is 14.4 Å². The Morgan fingerprint density at radius 2 is 0.862 bits per heavy atom. The highest BCUT2D eigenvalue weighted by Crippen LogP contribution is 2.45. The Kier molecular flexibility index (Phi) is 10.9. The van der Waals surface area contributed by atoms with Crippen LogP contribution in [0.2, 0.25) is 0 Å². The Bertz CT molecular complexity index is 528. The summed E-state index contributed by atoms with van der Waals surface area (Å²) in [6.45, 7) is 3.51. The summed E-state index contributed by atoms with van der Waals surface area (Å²) in [4.78, 5) is 60.0. The summed E-state index contributed by atoms with van der Waals surface area (Å²) in [5, 5.41) is 27.4. The van der Waals surface area contributed by atoms with Crippen LogP contribution in [0.4, 0.5) is 0 Å². The van der Waals surface area contributed by atoms with Crippen molar-refractivity contribution in [2.75, 3.05) is 84.9 Å². The lowest BCUT2D eigenvalue weighted by Gasteiger charge is -2.32. The minimum atomic E-state index is -3.10. The van der Waals surface area contributed by atoms with E-state index in [0.717, 1.165) is 0 Å². The van der Waals surface area contributed by atoms with Gasteiger partial charge in [0.05, 0.1) is 19.6 Å². The summed E-state index contributed by atoms with van der Waals surface area (Å²) in [6.07, 6.45) is 0.0416. The highest BCUT2D eigenvalue weighted by atomic mass is 31.2. The lowest BCUT2D eigenvalue weighted by molar-refractivity contribution is -0.140. The molecule has 1 saturated heterocycles. The van der Waals surface area contributed by atoms with E-state index in [2.05, 4.69) is 0 Å². The van der Waals surface area contributed by atoms with Crippen molar-refractivity contribution in [1.82, 2.24) is 19.6 Å². The smallest absolute Gasteiger partial charge is 0.317 e. The summed E-state index contributed by atoms with van der Waals surface area (Å²) in [5.74, 6) is -3.00. The molecule has 12 nitrogen and oxygen atoms in total. The molecule has 0 unspecified atom stereocenters. The highest BCUT2D eigenvalue weighted by molar-refractivity contribution is 7.63. The van der Waals surface area contributed by atoms with E-state index < -0.39 is 25.6 Å². The minimum absolute atomic E-state index is 0.0416. The molecule has 0 aromatic heterocycles. The molecule has 0 radical (unpaired) electrons. The molecule has 1 fully saturated rings. The second-order valence-electron chi connectivity index (χ2n) is 7.36. The van der Waals surface area contributed by atoms with Crippen LogP contribution < -0.4 is 0 Å². The van der Waals surface area contributed by atoms with E-state index in [1.54, 1.807) is 19.6 Å². The number of rotatable bonds is 8. The van der Waals surface area contributed by atoms with Crippen molar-refractivity contribution in [3.8, 4) is 0 Å². The van der Waals surface area contributed by atoms with Crippen LogP contribution in [0.15, 0.2) is 0 Å². The largest absolute Gasteiger partial charge is 0.480 e. The zero-order chi connectivity index (χ0) is 22.0. The number of nitrogens with zero attached hydrogens (tertiary/aromatic N) is 4. The Morgan fingerprint density at radius 3 is 1.07 bits per heavy atom. The second-order valence-corrected chi connectivity index (χ2v) is 9.82. The summed E-state index contributed by atoms with van der Waals surface area (Å²) in [6, 6.07) is 0. The van der Waals surface area contributed by atoms with Crippen molar-refractivity contribution in [1.29, 1.82) is 0 Å². The molecular formula is C16H32N4O8P+. The lowest BCUT2D eigenvalue weighted by Crippen LogP contribution is -2.48. The molecule has 5 N–H and O–H groups in total. The van der Waals surface area contributed by atoms with Crippen molar-refractivity contribution in [2.24, 2.45) is 0 Å². The Hall–Kier alpha value is -1.40. The van der Waals surface area contributed by atoms with Gasteiger partial charge in [-0.25, -0.2) is 9.79 Å². The predicted octanol–water partition coefficient (Wildman–Crippen LogP) is -2.12. The predicted molar refractivity (Wildman–Crippen MR) is 106 cm³/mol. The summed E-state index contributed by atoms with van der Waals surface area (Å²) >= 11 is 0. The van der Waals surface area contributed by atoms with Gasteiger partial charge in [0.1, 0.15) is 6.66 Å². The SMILES string of the molecule is C[P+](O)(O)CN1CCN(CC(=O)O)CCN(CC(=O)O)CCN(CC(=O)O)CC1. The average molecular weight is 439 g/mol. The molecule has 13 heteroatoms. The van der Waals surface area contributed by atoms with E-state index in [9.17, 15) is 24.2 Å². The standard InChI is InChI=1S/C16H31N4O8P/c1-29(27,28)13-20-8-6-18(11-15(23)24)4-2-17(10-14(21)22)3-5-19(7-9-20)12-16(25)26/h27-28H,2-13H2,1H3,(H2-,21,22,23,24,25,26)/p+1. The average Bonchev–Trinajstić information content (AvgIpc) is 2.54. The van der Waals surface area contributed by atoms with E-state index in [-0.39, 0.29) is 25.9 Å². The number of carboxylic acids is 3. The summed E-state index contributed by atoms with van der Waals surface area (Å²) in [7, 11) is -3.10. The van der Waals surface area contributed by atoms with Gasteiger partial charge in [-0.3, -0.25) is 34.0 Å². The molecule has 1 rings (SSSR count). The van der Waals surface area contributed by atoms with Crippen molar-refractivity contribution >= 4 is 25.6 Å². The van der Waals surface area contributed by atoms with Crippen LogP contribution in [-0.4, -0.2) is 148 Å². The van der Waals surface area contributed by atoms with E-state index >= 15 is 0 Å². The van der Waals surface area contributed by atoms with E-state index in [4.69, 9.17) is 15.3 Å². The van der Waals surface area contributed by atoms with Crippen molar-refractivity contribution in [3.63, 3.8) is 0 Å². The Morgan fingerprint density at radius 1 is 0.621 bits per heavy atom. The van der Waals surface area contributed by atoms with Crippen molar-refractivity contribution < 1.29 is 39.5 Å². The van der Waals surface area contributed by atoms with Gasteiger partial charge in [0.2, 0.25) is 0 Å². The van der Waals surface area contributed by atoms with Gasteiger partial charge < -0.3 is 15.3 Å². The van der Waals surface area contributed by atoms with Gasteiger partial charge in [-0.1, -0.05) is 0 Å². The molecule has 0 aliphatic carbocycles. The third-order valence-electron chi connectivity index (χ3n) is 4.47. The van der Waals surface area contributed by atoms with Gasteiger partial charge >= 0.3 is 17.9 Å². The molecule has 1 aliphatic heterocycles. The monoisotopic (exact) mass is 439 g/mol. The lowest BCUT2D eigenvalue weighted by atomic mass is 10.3. The normalized spacial score (nSPS) is 20.0. The zero-order valence-electron chi connectivity index (χ0n) is 16.7. The van der Waals surface area contributed by atoms with E-state index in [1.165, 1.54) is 6.66 Å². The molecule has 168 valence electrons. The van der Waals surface area contributed by atoms with Crippen molar-refractivity contribution in [3.05, 3.63) is 0 Å². The number of hydrogen-bond donors (Lipinski definition) is 5. The first-order valence-corrected chi connectivity index (χ1v) is 11.6. The van der Waals surface area contributed by atoms with Gasteiger partial charge in [-0.15, -0.1) is 0 Å². The molecule has 1 heterocycles. The van der Waals surface area contributed by atoms with Gasteiger partial charge in [0.15, 0.2) is 6.29 Å². The molecule has 0 aromatic carbocycles. The van der Waals surface area contributed by atoms with Crippen LogP contribution >= 0.6 is 7.72 Å². The number of aliphatic carboxylic acids is 3. The van der Waals surface area contributed by atoms with Crippen LogP contribution in [0, 0.1) is 0 Å². The number of carboxylic acid groups (broad SMARTS) is 3. The third-order valence-corrected chi connectivity index (χ3v) is 5.41. The summed E-state index contributed by atoms with van der Waals surface area (Å²) in [5.41, 5.74) is 0. The van der Waals surface area contributed by atoms with Gasteiger partial charge in [0, 0.05) is 52.4 Å². The van der Waals surface area contributed by atoms with Gasteiger partial charge in [0.25, 0.3) is 7.72 Å². The number of hydrogen-bond acceptors (Lipinski definition) is 9. The second kappa shape index (κ2) is 12.3. The molecule has 29 heavy (non-hydrogen) atoms. The first-order valence-electron chi connectivity index (χ1n) is 9.30. The zero-order valence-corrected chi connectivity index (χ0v) is 17.6. The highest BCUT2D eigenvalue weighted by Gasteiger charge is 2.30. The third kappa shape index (κ3) is 12.7. The van der Waals surface area contributed by atoms with Crippen LogP contribution in [0.1, 0.15) is 0 Å². The molecule has 0 aromatic rings. The summed E-state index contributed by atoms with van der Waals surface area (Å²) < 4.78 is 0. The molecule has 0 saturated carbocycles. The maximum absolute atomic E-state index is 11.2. The molecule has 0 bridgehead atoms. The molecule has 0 spiro atoms.